The van der Waals surface area contributed by atoms with Crippen LogP contribution in [0.5, 0.6) is 0 Å². The van der Waals surface area contributed by atoms with Crippen molar-refractivity contribution in [3.05, 3.63) is 48.3 Å². The third kappa shape index (κ3) is 9.15. The largest absolute Gasteiger partial charge is 0.478 e. The Hall–Kier alpha value is -2.10. The highest BCUT2D eigenvalue weighted by molar-refractivity contribution is 5.90. The summed E-state index contributed by atoms with van der Waals surface area (Å²) in [5.41, 5.74) is 1.93. The number of hydrogen-bond acceptors (Lipinski definition) is 3. The molecule has 0 spiro atoms. The standard InChI is InChI=1S/C8H12O2.C6H8O2/c1-5(2)6(3)7(4)8(9)10;1-3-5-8-6(7)4-2/h4H2,1-3H3,(H,9,10);3-5H,2H2,1H3. The van der Waals surface area contributed by atoms with Crippen LogP contribution in [0.3, 0.4) is 0 Å². The van der Waals surface area contributed by atoms with E-state index in [4.69, 9.17) is 5.11 Å². The van der Waals surface area contributed by atoms with Crippen LogP contribution in [0.4, 0.5) is 0 Å². The van der Waals surface area contributed by atoms with E-state index >= 15 is 0 Å². The van der Waals surface area contributed by atoms with Crippen LogP contribution in [0.15, 0.2) is 48.3 Å². The lowest BCUT2D eigenvalue weighted by Gasteiger charge is -2.01. The van der Waals surface area contributed by atoms with E-state index in [1.807, 2.05) is 13.8 Å². The highest BCUT2D eigenvalue weighted by Crippen LogP contribution is 2.11. The van der Waals surface area contributed by atoms with E-state index < -0.39 is 11.9 Å². The van der Waals surface area contributed by atoms with Gasteiger partial charge in [0.1, 0.15) is 0 Å². The van der Waals surface area contributed by atoms with Crippen LogP contribution in [0.1, 0.15) is 27.7 Å². The third-order valence-electron chi connectivity index (χ3n) is 1.95. The second kappa shape index (κ2) is 10.1. The van der Waals surface area contributed by atoms with Gasteiger partial charge in [-0.3, -0.25) is 0 Å². The molecule has 0 atom stereocenters. The Labute approximate surface area is 108 Å². The molecular weight excluding hydrogens is 232 g/mol. The molecule has 0 heterocycles. The molecule has 0 radical (unpaired) electrons. The Bertz CT molecular complexity index is 383. The van der Waals surface area contributed by atoms with Crippen LogP contribution in [0.25, 0.3) is 0 Å². The van der Waals surface area contributed by atoms with Crippen LogP contribution in [0, 0.1) is 0 Å². The molecule has 18 heavy (non-hydrogen) atoms. The van der Waals surface area contributed by atoms with Crippen molar-refractivity contribution < 1.29 is 19.4 Å². The monoisotopic (exact) mass is 252 g/mol. The number of ether oxygens (including phenoxy) is 1. The molecule has 0 amide bonds. The van der Waals surface area contributed by atoms with Crippen LogP contribution in [-0.4, -0.2) is 17.0 Å². The molecule has 0 aliphatic rings. The zero-order valence-electron chi connectivity index (χ0n) is 11.3. The lowest BCUT2D eigenvalue weighted by atomic mass is 10.1. The number of aliphatic carboxylic acids is 1. The molecule has 0 aliphatic heterocycles. The molecule has 0 aliphatic carbocycles. The lowest BCUT2D eigenvalue weighted by Crippen LogP contribution is -2.00. The maximum Gasteiger partial charge on any atom is 0.335 e. The van der Waals surface area contributed by atoms with Crippen molar-refractivity contribution in [1.29, 1.82) is 0 Å². The van der Waals surface area contributed by atoms with Crippen LogP contribution in [-0.2, 0) is 14.3 Å². The molecule has 0 saturated heterocycles. The summed E-state index contributed by atoms with van der Waals surface area (Å²) in [6.45, 7) is 13.9. The lowest BCUT2D eigenvalue weighted by molar-refractivity contribution is -0.133. The number of allylic oxidation sites excluding steroid dienone is 2. The van der Waals surface area contributed by atoms with Gasteiger partial charge in [0, 0.05) is 6.08 Å². The van der Waals surface area contributed by atoms with Gasteiger partial charge in [0.2, 0.25) is 0 Å². The van der Waals surface area contributed by atoms with E-state index in [1.165, 1.54) is 6.26 Å². The van der Waals surface area contributed by atoms with Gasteiger partial charge in [-0.1, -0.05) is 24.8 Å². The number of esters is 1. The summed E-state index contributed by atoms with van der Waals surface area (Å²) in [7, 11) is 0. The van der Waals surface area contributed by atoms with Gasteiger partial charge in [0.15, 0.2) is 0 Å². The fraction of sp³-hybridized carbons (Fsp3) is 0.286. The Morgan fingerprint density at radius 1 is 1.22 bits per heavy atom. The zero-order chi connectivity index (χ0) is 14.7. The molecular formula is C14H20O4. The number of carbonyl (C=O) groups excluding carboxylic acids is 1. The first-order valence-electron chi connectivity index (χ1n) is 5.28. The smallest absolute Gasteiger partial charge is 0.335 e. The molecule has 0 fully saturated rings. The summed E-state index contributed by atoms with van der Waals surface area (Å²) in [4.78, 5) is 20.5. The number of rotatable bonds is 4. The molecule has 0 saturated carbocycles. The van der Waals surface area contributed by atoms with Crippen molar-refractivity contribution in [2.45, 2.75) is 27.7 Å². The quantitative estimate of drug-likeness (QED) is 0.361. The summed E-state index contributed by atoms with van der Waals surface area (Å²) in [6.07, 6.45) is 4.05. The fourth-order valence-electron chi connectivity index (χ4n) is 0.645. The molecule has 0 aromatic carbocycles. The highest BCUT2D eigenvalue weighted by atomic mass is 16.5. The normalized spacial score (nSPS) is 8.89. The first kappa shape index (κ1) is 18.3. The predicted molar refractivity (Wildman–Crippen MR) is 71.9 cm³/mol. The van der Waals surface area contributed by atoms with Gasteiger partial charge in [0.25, 0.3) is 0 Å². The van der Waals surface area contributed by atoms with Gasteiger partial charge in [0.05, 0.1) is 11.8 Å². The minimum Gasteiger partial charge on any atom is -0.478 e. The summed E-state index contributed by atoms with van der Waals surface area (Å²) in [5.74, 6) is -1.37. The second-order valence-corrected chi connectivity index (χ2v) is 3.52. The number of carboxylic acids is 1. The van der Waals surface area contributed by atoms with E-state index in [-0.39, 0.29) is 5.57 Å². The van der Waals surface area contributed by atoms with Crippen molar-refractivity contribution >= 4 is 11.9 Å². The maximum absolute atomic E-state index is 10.3. The van der Waals surface area contributed by atoms with Gasteiger partial charge in [-0.2, -0.15) is 0 Å². The molecule has 1 N–H and O–H groups in total. The summed E-state index contributed by atoms with van der Waals surface area (Å²) in [5, 5.41) is 8.47. The van der Waals surface area contributed by atoms with Crippen molar-refractivity contribution in [2.75, 3.05) is 0 Å². The topological polar surface area (TPSA) is 63.6 Å². The molecule has 100 valence electrons. The van der Waals surface area contributed by atoms with E-state index in [1.54, 1.807) is 19.9 Å². The Morgan fingerprint density at radius 2 is 1.72 bits per heavy atom. The van der Waals surface area contributed by atoms with Crippen molar-refractivity contribution in [3.8, 4) is 0 Å². The van der Waals surface area contributed by atoms with E-state index in [0.717, 1.165) is 17.2 Å². The van der Waals surface area contributed by atoms with Crippen LogP contribution >= 0.6 is 0 Å². The minimum atomic E-state index is -0.946. The minimum absolute atomic E-state index is 0.181. The molecule has 0 bridgehead atoms. The Morgan fingerprint density at radius 3 is 1.94 bits per heavy atom. The molecule has 0 rings (SSSR count). The van der Waals surface area contributed by atoms with Crippen LogP contribution in [0.2, 0.25) is 0 Å². The highest BCUT2D eigenvalue weighted by Gasteiger charge is 2.05. The fourth-order valence-corrected chi connectivity index (χ4v) is 0.645. The molecule has 4 nitrogen and oxygen atoms in total. The zero-order valence-corrected chi connectivity index (χ0v) is 11.3. The summed E-state index contributed by atoms with van der Waals surface area (Å²) < 4.78 is 4.40. The third-order valence-corrected chi connectivity index (χ3v) is 1.95. The molecule has 4 heteroatoms. The molecule has 0 unspecified atom stereocenters. The summed E-state index contributed by atoms with van der Waals surface area (Å²) in [6, 6.07) is 0. The number of carbonyl (C=O) groups is 2. The first-order valence-corrected chi connectivity index (χ1v) is 5.28. The maximum atomic E-state index is 10.3. The summed E-state index contributed by atoms with van der Waals surface area (Å²) >= 11 is 0. The van der Waals surface area contributed by atoms with E-state index in [0.29, 0.717) is 0 Å². The van der Waals surface area contributed by atoms with Crippen molar-refractivity contribution in [2.24, 2.45) is 0 Å². The van der Waals surface area contributed by atoms with E-state index in [2.05, 4.69) is 17.9 Å². The first-order chi connectivity index (χ1) is 8.27. The molecule has 0 aromatic heterocycles. The van der Waals surface area contributed by atoms with Gasteiger partial charge in [-0.15, -0.1) is 0 Å². The Balaban J connectivity index is 0. The average molecular weight is 252 g/mol. The van der Waals surface area contributed by atoms with E-state index in [9.17, 15) is 9.59 Å². The van der Waals surface area contributed by atoms with Gasteiger partial charge in [-0.05, 0) is 33.3 Å². The SMILES string of the molecule is C=C(C(=O)O)C(C)=C(C)C.C=CC(=O)OC=CC. The second-order valence-electron chi connectivity index (χ2n) is 3.52. The Kier molecular flexibility index (Phi) is 10.2. The van der Waals surface area contributed by atoms with Gasteiger partial charge >= 0.3 is 11.9 Å². The molecule has 0 aromatic rings. The average Bonchev–Trinajstić information content (AvgIpc) is 2.34. The van der Waals surface area contributed by atoms with Crippen LogP contribution < -0.4 is 0 Å². The van der Waals surface area contributed by atoms with Crippen molar-refractivity contribution in [3.63, 3.8) is 0 Å². The van der Waals surface area contributed by atoms with Crippen molar-refractivity contribution in [1.82, 2.24) is 0 Å². The van der Waals surface area contributed by atoms with Gasteiger partial charge < -0.3 is 9.84 Å². The number of hydrogen-bond donors (Lipinski definition) is 1. The predicted octanol–water partition coefficient (Wildman–Crippen LogP) is 3.23. The van der Waals surface area contributed by atoms with Gasteiger partial charge in [-0.25, -0.2) is 9.59 Å². The number of carboxylic acid groups (broad SMARTS) is 1.